The number of piperazine rings is 1. The van der Waals surface area contributed by atoms with E-state index in [1.54, 1.807) is 35.1 Å². The monoisotopic (exact) mass is 379 g/mol. The first-order chi connectivity index (χ1) is 13.0. The molecule has 0 bridgehead atoms. The summed E-state index contributed by atoms with van der Waals surface area (Å²) < 4.78 is 10.4. The van der Waals surface area contributed by atoms with Crippen molar-refractivity contribution in [2.24, 2.45) is 0 Å². The van der Waals surface area contributed by atoms with Crippen molar-refractivity contribution in [3.63, 3.8) is 0 Å². The van der Waals surface area contributed by atoms with Crippen molar-refractivity contribution in [3.8, 4) is 11.5 Å². The summed E-state index contributed by atoms with van der Waals surface area (Å²) in [5.74, 6) is 0.00657. The maximum absolute atomic E-state index is 12.8. The molecule has 1 heterocycles. The van der Waals surface area contributed by atoms with E-state index in [0.29, 0.717) is 56.2 Å². The van der Waals surface area contributed by atoms with Gasteiger partial charge < -0.3 is 29.7 Å². The van der Waals surface area contributed by atoms with E-state index in [2.05, 4.69) is 5.32 Å². The van der Waals surface area contributed by atoms with Crippen molar-refractivity contribution in [1.82, 2.24) is 15.1 Å². The molecule has 1 saturated heterocycles. The Kier molecular flexibility index (Phi) is 7.27. The third-order valence-electron chi connectivity index (χ3n) is 4.34. The van der Waals surface area contributed by atoms with Gasteiger partial charge in [-0.3, -0.25) is 9.59 Å². The van der Waals surface area contributed by atoms with E-state index >= 15 is 0 Å². The van der Waals surface area contributed by atoms with Gasteiger partial charge in [-0.25, -0.2) is 4.79 Å². The molecule has 1 aliphatic heterocycles. The average molecular weight is 379 g/mol. The Morgan fingerprint density at radius 2 is 1.74 bits per heavy atom. The summed E-state index contributed by atoms with van der Waals surface area (Å²) in [7, 11) is 3.04. The second kappa shape index (κ2) is 9.65. The number of urea groups is 1. The van der Waals surface area contributed by atoms with Crippen LogP contribution >= 0.6 is 0 Å². The predicted molar refractivity (Wildman–Crippen MR) is 97.3 cm³/mol. The third kappa shape index (κ3) is 5.50. The number of hydrogen-bond acceptors (Lipinski definition) is 5. The number of nitrogens with zero attached hydrogens (tertiary/aromatic N) is 2. The van der Waals surface area contributed by atoms with Crippen LogP contribution in [-0.2, 0) is 4.79 Å². The van der Waals surface area contributed by atoms with E-state index in [0.717, 1.165) is 0 Å². The molecular weight excluding hydrogens is 354 g/mol. The molecule has 27 heavy (non-hydrogen) atoms. The maximum atomic E-state index is 12.8. The van der Waals surface area contributed by atoms with Crippen LogP contribution in [0.3, 0.4) is 0 Å². The van der Waals surface area contributed by atoms with Crippen molar-refractivity contribution in [2.45, 2.75) is 12.8 Å². The second-order valence-electron chi connectivity index (χ2n) is 6.07. The lowest BCUT2D eigenvalue weighted by atomic mass is 10.1. The topological polar surface area (TPSA) is 108 Å². The fourth-order valence-corrected chi connectivity index (χ4v) is 2.80. The first kappa shape index (κ1) is 20.3. The largest absolute Gasteiger partial charge is 0.497 e. The number of carbonyl (C=O) groups excluding carboxylic acids is 2. The van der Waals surface area contributed by atoms with Crippen LogP contribution in [0.25, 0.3) is 0 Å². The molecule has 0 unspecified atom stereocenters. The Hall–Kier alpha value is -2.97. The van der Waals surface area contributed by atoms with Crippen molar-refractivity contribution in [3.05, 3.63) is 23.8 Å². The van der Waals surface area contributed by atoms with Crippen LogP contribution in [0.5, 0.6) is 11.5 Å². The molecule has 0 spiro atoms. The highest BCUT2D eigenvalue weighted by molar-refractivity contribution is 5.97. The molecule has 148 valence electrons. The zero-order chi connectivity index (χ0) is 19.8. The summed E-state index contributed by atoms with van der Waals surface area (Å²) in [6.07, 6.45) is 0.406. The van der Waals surface area contributed by atoms with Crippen molar-refractivity contribution in [1.29, 1.82) is 0 Å². The van der Waals surface area contributed by atoms with Crippen LogP contribution in [0, 0.1) is 0 Å². The fraction of sp³-hybridized carbons (Fsp3) is 0.500. The molecular formula is C18H25N3O6. The molecule has 0 aliphatic carbocycles. The first-order valence-corrected chi connectivity index (χ1v) is 8.72. The molecule has 0 radical (unpaired) electrons. The van der Waals surface area contributed by atoms with Crippen molar-refractivity contribution in [2.75, 3.05) is 46.9 Å². The molecule has 0 atom stereocenters. The Morgan fingerprint density at radius 1 is 1.07 bits per heavy atom. The van der Waals surface area contributed by atoms with E-state index < -0.39 is 5.97 Å². The number of rotatable bonds is 7. The van der Waals surface area contributed by atoms with E-state index in [-0.39, 0.29) is 18.4 Å². The Morgan fingerprint density at radius 3 is 2.33 bits per heavy atom. The number of carbonyl (C=O) groups is 3. The molecule has 9 heteroatoms. The Labute approximate surface area is 157 Å². The number of hydrogen-bond donors (Lipinski definition) is 2. The van der Waals surface area contributed by atoms with Gasteiger partial charge in [0.2, 0.25) is 0 Å². The fourth-order valence-electron chi connectivity index (χ4n) is 2.80. The van der Waals surface area contributed by atoms with Crippen LogP contribution in [0.2, 0.25) is 0 Å². The predicted octanol–water partition coefficient (Wildman–Crippen LogP) is 1.04. The molecule has 1 aliphatic rings. The van der Waals surface area contributed by atoms with E-state index in [4.69, 9.17) is 14.6 Å². The number of carboxylic acid groups (broad SMARTS) is 1. The minimum absolute atomic E-state index is 0.0201. The number of methoxy groups -OCH3 is 2. The van der Waals surface area contributed by atoms with E-state index in [1.807, 2.05) is 0 Å². The summed E-state index contributed by atoms with van der Waals surface area (Å²) in [5, 5.41) is 11.3. The van der Waals surface area contributed by atoms with Crippen molar-refractivity contribution >= 4 is 17.9 Å². The molecule has 0 aromatic heterocycles. The van der Waals surface area contributed by atoms with Gasteiger partial charge in [0.15, 0.2) is 0 Å². The van der Waals surface area contributed by atoms with Gasteiger partial charge in [0.05, 0.1) is 19.8 Å². The number of aliphatic carboxylic acids is 1. The lowest BCUT2D eigenvalue weighted by Gasteiger charge is -2.35. The molecule has 2 rings (SSSR count). The lowest BCUT2D eigenvalue weighted by molar-refractivity contribution is -0.137. The van der Waals surface area contributed by atoms with Gasteiger partial charge in [0.25, 0.3) is 5.91 Å². The quantitative estimate of drug-likeness (QED) is 0.685. The van der Waals surface area contributed by atoms with Crippen LogP contribution < -0.4 is 14.8 Å². The van der Waals surface area contributed by atoms with Crippen LogP contribution in [0.4, 0.5) is 4.79 Å². The normalized spacial score (nSPS) is 13.9. The van der Waals surface area contributed by atoms with E-state index in [9.17, 15) is 14.4 Å². The van der Waals surface area contributed by atoms with Gasteiger partial charge in [-0.1, -0.05) is 0 Å². The average Bonchev–Trinajstić information content (AvgIpc) is 2.69. The second-order valence-corrected chi connectivity index (χ2v) is 6.07. The first-order valence-electron chi connectivity index (χ1n) is 8.72. The SMILES string of the molecule is COc1ccc(C(=O)N2CCN(C(=O)NCCCC(=O)O)CC2)c(OC)c1. The molecule has 1 aromatic rings. The van der Waals surface area contributed by atoms with Crippen molar-refractivity contribution < 1.29 is 29.0 Å². The smallest absolute Gasteiger partial charge is 0.317 e. The third-order valence-corrected chi connectivity index (χ3v) is 4.34. The Balaban J connectivity index is 1.87. The zero-order valence-corrected chi connectivity index (χ0v) is 15.6. The van der Waals surface area contributed by atoms with Gasteiger partial charge in [-0.2, -0.15) is 0 Å². The Bertz CT molecular complexity index is 686. The highest BCUT2D eigenvalue weighted by atomic mass is 16.5. The summed E-state index contributed by atoms with van der Waals surface area (Å²) >= 11 is 0. The minimum atomic E-state index is -0.884. The lowest BCUT2D eigenvalue weighted by Crippen LogP contribution is -2.53. The molecule has 3 amide bonds. The van der Waals surface area contributed by atoms with Gasteiger partial charge >= 0.3 is 12.0 Å². The van der Waals surface area contributed by atoms with Gasteiger partial charge in [-0.15, -0.1) is 0 Å². The summed E-state index contributed by atoms with van der Waals surface area (Å²) in [5.41, 5.74) is 0.449. The van der Waals surface area contributed by atoms with Crippen LogP contribution in [0.15, 0.2) is 18.2 Å². The molecule has 9 nitrogen and oxygen atoms in total. The zero-order valence-electron chi connectivity index (χ0n) is 15.6. The standard InChI is InChI=1S/C18H25N3O6/c1-26-13-5-6-14(15(12-13)27-2)17(24)20-8-10-21(11-9-20)18(25)19-7-3-4-16(22)23/h5-6,12H,3-4,7-11H2,1-2H3,(H,19,25)(H,22,23). The maximum Gasteiger partial charge on any atom is 0.317 e. The van der Waals surface area contributed by atoms with Crippen LogP contribution in [0.1, 0.15) is 23.2 Å². The number of ether oxygens (including phenoxy) is 2. The molecule has 2 N–H and O–H groups in total. The number of benzene rings is 1. The van der Waals surface area contributed by atoms with Gasteiger partial charge in [0, 0.05) is 45.2 Å². The highest BCUT2D eigenvalue weighted by Gasteiger charge is 2.26. The van der Waals surface area contributed by atoms with Gasteiger partial charge in [0.1, 0.15) is 11.5 Å². The summed E-state index contributed by atoms with van der Waals surface area (Å²) in [4.78, 5) is 38.6. The van der Waals surface area contributed by atoms with Crippen LogP contribution in [-0.4, -0.2) is 79.8 Å². The summed E-state index contributed by atoms with van der Waals surface area (Å²) in [6.45, 7) is 1.96. The number of carboxylic acids is 1. The number of amides is 3. The molecule has 0 saturated carbocycles. The van der Waals surface area contributed by atoms with Gasteiger partial charge in [-0.05, 0) is 18.6 Å². The number of nitrogens with one attached hydrogen (secondary N) is 1. The molecule has 1 aromatic carbocycles. The highest BCUT2D eigenvalue weighted by Crippen LogP contribution is 2.26. The molecule has 1 fully saturated rings. The van der Waals surface area contributed by atoms with E-state index in [1.165, 1.54) is 7.11 Å². The summed E-state index contributed by atoms with van der Waals surface area (Å²) in [6, 6.07) is 4.79. The minimum Gasteiger partial charge on any atom is -0.497 e.